The molecule has 21 heavy (non-hydrogen) atoms. The van der Waals surface area contributed by atoms with Gasteiger partial charge in [0.1, 0.15) is 5.75 Å². The maximum atomic E-state index is 12.0. The number of hydrogen-bond donors (Lipinski definition) is 2. The predicted octanol–water partition coefficient (Wildman–Crippen LogP) is 3.68. The van der Waals surface area contributed by atoms with Crippen LogP contribution in [0, 0.1) is 0 Å². The van der Waals surface area contributed by atoms with Gasteiger partial charge in [-0.2, -0.15) is 5.10 Å². The van der Waals surface area contributed by atoms with Crippen molar-refractivity contribution in [3.8, 4) is 5.75 Å². The lowest BCUT2D eigenvalue weighted by Gasteiger charge is -2.14. The third-order valence-electron chi connectivity index (χ3n) is 2.83. The molecular weight excluding hydrogens is 313 g/mol. The molecule has 112 valence electrons. The number of aromatic nitrogens is 2. The van der Waals surface area contributed by atoms with Crippen LogP contribution in [-0.2, 0) is 11.2 Å². The van der Waals surface area contributed by atoms with E-state index in [9.17, 15) is 4.79 Å². The molecule has 2 rings (SSSR count). The molecule has 0 fully saturated rings. The molecule has 1 aromatic carbocycles. The number of benzene rings is 1. The Hall–Kier alpha value is -1.72. The number of aromatic amines is 1. The van der Waals surface area contributed by atoms with Gasteiger partial charge in [-0.1, -0.05) is 30.1 Å². The van der Waals surface area contributed by atoms with Crippen LogP contribution in [0.2, 0.25) is 10.0 Å². The van der Waals surface area contributed by atoms with Crippen LogP contribution in [0.25, 0.3) is 0 Å². The summed E-state index contributed by atoms with van der Waals surface area (Å²) in [6.45, 7) is 3.63. The molecule has 1 aromatic heterocycles. The van der Waals surface area contributed by atoms with Crippen LogP contribution in [0.3, 0.4) is 0 Å². The topological polar surface area (TPSA) is 67.0 Å². The number of aryl methyl sites for hydroxylation is 1. The van der Waals surface area contributed by atoms with Crippen LogP contribution in [0.15, 0.2) is 24.3 Å². The molecule has 0 radical (unpaired) electrons. The van der Waals surface area contributed by atoms with Crippen LogP contribution in [-0.4, -0.2) is 22.2 Å². The van der Waals surface area contributed by atoms with Gasteiger partial charge < -0.3 is 10.1 Å². The van der Waals surface area contributed by atoms with Crippen LogP contribution < -0.4 is 10.1 Å². The van der Waals surface area contributed by atoms with Crippen LogP contribution in [0.1, 0.15) is 19.5 Å². The predicted molar refractivity (Wildman–Crippen MR) is 83.1 cm³/mol. The zero-order valence-corrected chi connectivity index (χ0v) is 13.1. The highest BCUT2D eigenvalue weighted by molar-refractivity contribution is 6.35. The first-order valence-corrected chi connectivity index (χ1v) is 7.22. The van der Waals surface area contributed by atoms with Crippen molar-refractivity contribution in [2.24, 2.45) is 0 Å². The molecule has 0 spiro atoms. The Balaban J connectivity index is 1.98. The monoisotopic (exact) mass is 327 g/mol. The Morgan fingerprint density at radius 3 is 2.81 bits per heavy atom. The largest absolute Gasteiger partial charge is 0.479 e. The third-order valence-corrected chi connectivity index (χ3v) is 3.36. The molecule has 5 nitrogen and oxygen atoms in total. The first kappa shape index (κ1) is 15.7. The maximum absolute atomic E-state index is 12.0. The molecule has 0 saturated heterocycles. The smallest absolute Gasteiger partial charge is 0.266 e. The number of rotatable bonds is 5. The summed E-state index contributed by atoms with van der Waals surface area (Å²) >= 11 is 11.8. The molecule has 1 unspecified atom stereocenters. The molecular formula is C14H15Cl2N3O2. The average Bonchev–Trinajstić information content (AvgIpc) is 2.89. The lowest BCUT2D eigenvalue weighted by Crippen LogP contribution is -2.30. The van der Waals surface area contributed by atoms with E-state index in [1.54, 1.807) is 31.2 Å². The minimum atomic E-state index is -0.717. The third kappa shape index (κ3) is 4.12. The maximum Gasteiger partial charge on any atom is 0.266 e. The lowest BCUT2D eigenvalue weighted by molar-refractivity contribution is -0.122. The molecule has 0 saturated carbocycles. The highest BCUT2D eigenvalue weighted by Gasteiger charge is 2.17. The Bertz CT molecular complexity index is 643. The number of H-pyrrole nitrogens is 1. The highest BCUT2D eigenvalue weighted by atomic mass is 35.5. The molecule has 2 aromatic rings. The molecule has 0 aliphatic rings. The molecule has 7 heteroatoms. The van der Waals surface area contributed by atoms with Gasteiger partial charge in [-0.3, -0.25) is 9.89 Å². The fourth-order valence-corrected chi connectivity index (χ4v) is 2.10. The zero-order valence-electron chi connectivity index (χ0n) is 11.6. The SMILES string of the molecule is CCc1cc(NC(=O)C(C)Oc2ccc(Cl)cc2Cl)n[nH]1. The van der Waals surface area contributed by atoms with E-state index in [1.807, 2.05) is 6.92 Å². The van der Waals surface area contributed by atoms with Crippen molar-refractivity contribution in [3.63, 3.8) is 0 Å². The summed E-state index contributed by atoms with van der Waals surface area (Å²) in [5.74, 6) is 0.560. The quantitative estimate of drug-likeness (QED) is 0.880. The second-order valence-corrected chi connectivity index (χ2v) is 5.30. The van der Waals surface area contributed by atoms with Gasteiger partial charge in [0.2, 0.25) is 0 Å². The minimum absolute atomic E-state index is 0.310. The number of hydrogen-bond acceptors (Lipinski definition) is 3. The van der Waals surface area contributed by atoms with E-state index >= 15 is 0 Å². The molecule has 1 atom stereocenters. The van der Waals surface area contributed by atoms with E-state index in [4.69, 9.17) is 27.9 Å². The van der Waals surface area contributed by atoms with Crippen molar-refractivity contribution in [3.05, 3.63) is 40.0 Å². The molecule has 0 bridgehead atoms. The number of carbonyl (C=O) groups excluding carboxylic acids is 1. The molecule has 1 heterocycles. The molecule has 2 N–H and O–H groups in total. The first-order valence-electron chi connectivity index (χ1n) is 6.46. The summed E-state index contributed by atoms with van der Waals surface area (Å²) in [7, 11) is 0. The molecule has 1 amide bonds. The van der Waals surface area contributed by atoms with Crippen LogP contribution in [0.4, 0.5) is 5.82 Å². The van der Waals surface area contributed by atoms with E-state index in [2.05, 4.69) is 15.5 Å². The lowest BCUT2D eigenvalue weighted by atomic mass is 10.3. The Labute approximate surface area is 132 Å². The number of anilines is 1. The number of halogens is 2. The van der Waals surface area contributed by atoms with Crippen molar-refractivity contribution >= 4 is 34.9 Å². The van der Waals surface area contributed by atoms with Crippen molar-refractivity contribution in [1.29, 1.82) is 0 Å². The number of amides is 1. The Morgan fingerprint density at radius 1 is 1.43 bits per heavy atom. The van der Waals surface area contributed by atoms with Crippen molar-refractivity contribution < 1.29 is 9.53 Å². The fourth-order valence-electron chi connectivity index (χ4n) is 1.65. The van der Waals surface area contributed by atoms with Gasteiger partial charge in [0.05, 0.1) is 5.02 Å². The van der Waals surface area contributed by atoms with Gasteiger partial charge in [-0.25, -0.2) is 0 Å². The van der Waals surface area contributed by atoms with Crippen molar-refractivity contribution in [2.45, 2.75) is 26.4 Å². The summed E-state index contributed by atoms with van der Waals surface area (Å²) < 4.78 is 5.53. The average molecular weight is 328 g/mol. The zero-order chi connectivity index (χ0) is 15.4. The highest BCUT2D eigenvalue weighted by Crippen LogP contribution is 2.28. The van der Waals surface area contributed by atoms with E-state index in [1.165, 1.54) is 0 Å². The summed E-state index contributed by atoms with van der Waals surface area (Å²) in [5, 5.41) is 10.3. The normalized spacial score (nSPS) is 12.0. The van der Waals surface area contributed by atoms with Gasteiger partial charge in [0.25, 0.3) is 5.91 Å². The van der Waals surface area contributed by atoms with Crippen molar-refractivity contribution in [1.82, 2.24) is 10.2 Å². The van der Waals surface area contributed by atoms with Gasteiger partial charge >= 0.3 is 0 Å². The van der Waals surface area contributed by atoms with Crippen molar-refractivity contribution in [2.75, 3.05) is 5.32 Å². The summed E-state index contributed by atoms with van der Waals surface area (Å²) in [4.78, 5) is 12.0. The van der Waals surface area contributed by atoms with E-state index < -0.39 is 6.10 Å². The summed E-state index contributed by atoms with van der Waals surface area (Å²) in [5.41, 5.74) is 0.944. The van der Waals surface area contributed by atoms with Gasteiger partial charge in [0, 0.05) is 16.8 Å². The summed E-state index contributed by atoms with van der Waals surface area (Å²) in [6.07, 6.45) is 0.0976. The Morgan fingerprint density at radius 2 is 2.19 bits per heavy atom. The number of nitrogens with one attached hydrogen (secondary N) is 2. The first-order chi connectivity index (χ1) is 9.99. The second kappa shape index (κ2) is 6.83. The number of carbonyl (C=O) groups is 1. The molecule has 0 aliphatic carbocycles. The van der Waals surface area contributed by atoms with Gasteiger partial charge in [-0.05, 0) is 31.5 Å². The van der Waals surface area contributed by atoms with Gasteiger partial charge in [0.15, 0.2) is 11.9 Å². The summed E-state index contributed by atoms with van der Waals surface area (Å²) in [6, 6.07) is 6.61. The number of ether oxygens (including phenoxy) is 1. The Kier molecular flexibility index (Phi) is 5.09. The standard InChI is InChI=1S/C14H15Cl2N3O2/c1-3-10-7-13(19-18-10)17-14(20)8(2)21-12-5-4-9(15)6-11(12)16/h4-8H,3H2,1-2H3,(H2,17,18,19,20). The van der Waals surface area contributed by atoms with Crippen LogP contribution >= 0.6 is 23.2 Å². The molecule has 0 aliphatic heterocycles. The van der Waals surface area contributed by atoms with Gasteiger partial charge in [-0.15, -0.1) is 0 Å². The van der Waals surface area contributed by atoms with E-state index in [-0.39, 0.29) is 5.91 Å². The van der Waals surface area contributed by atoms with E-state index in [0.29, 0.717) is 21.6 Å². The van der Waals surface area contributed by atoms with E-state index in [0.717, 1.165) is 12.1 Å². The minimum Gasteiger partial charge on any atom is -0.479 e. The fraction of sp³-hybridized carbons (Fsp3) is 0.286. The van der Waals surface area contributed by atoms with Crippen LogP contribution in [0.5, 0.6) is 5.75 Å². The second-order valence-electron chi connectivity index (χ2n) is 4.46. The number of nitrogens with zero attached hydrogens (tertiary/aromatic N) is 1.